The lowest BCUT2D eigenvalue weighted by molar-refractivity contribution is 0.102. The summed E-state index contributed by atoms with van der Waals surface area (Å²) in [7, 11) is -3.54. The molecule has 4 aromatic rings. The monoisotopic (exact) mass is 469 g/mol. The Labute approximate surface area is 191 Å². The molecule has 0 spiro atoms. The maximum Gasteiger partial charge on any atom is 0.255 e. The third-order valence-corrected chi connectivity index (χ3v) is 5.59. The molecule has 0 unspecified atom stereocenters. The molecule has 8 nitrogen and oxygen atoms in total. The molecule has 0 fully saturated rings. The van der Waals surface area contributed by atoms with E-state index in [1.54, 1.807) is 24.3 Å². The van der Waals surface area contributed by atoms with Crippen molar-refractivity contribution in [1.82, 2.24) is 9.19 Å². The Morgan fingerprint density at radius 3 is 2.53 bits per heavy atom. The minimum absolute atomic E-state index is 0. The van der Waals surface area contributed by atoms with Crippen LogP contribution < -0.4 is 11.2 Å². The predicted octanol–water partition coefficient (Wildman–Crippen LogP) is 3.48. The largest absolute Gasteiger partial charge is 0.323 e. The summed E-state index contributed by atoms with van der Waals surface area (Å²) in [6, 6.07) is 18.2. The number of carbonyl (C=O) groups excluding carboxylic acids is 1. The number of hydrazone groups is 1. The van der Waals surface area contributed by atoms with E-state index in [0.717, 1.165) is 26.7 Å². The van der Waals surface area contributed by atoms with Crippen molar-refractivity contribution in [1.29, 1.82) is 0 Å². The molecule has 10 heteroatoms. The second kappa shape index (κ2) is 9.21. The van der Waals surface area contributed by atoms with Crippen molar-refractivity contribution in [3.8, 4) is 11.1 Å². The fourth-order valence-electron chi connectivity index (χ4n) is 3.26. The first kappa shape index (κ1) is 23.0. The van der Waals surface area contributed by atoms with Crippen LogP contribution in [0.5, 0.6) is 0 Å². The molecule has 0 aliphatic heterocycles. The Hall–Kier alpha value is -3.69. The number of nitrogens with two attached hydrogens (primary N) is 1. The van der Waals surface area contributed by atoms with Crippen LogP contribution in [0.2, 0.25) is 0 Å². The number of rotatable bonds is 5. The predicted molar refractivity (Wildman–Crippen MR) is 129 cm³/mol. The lowest BCUT2D eigenvalue weighted by atomic mass is 9.95. The molecule has 1 aromatic heterocycles. The van der Waals surface area contributed by atoms with Gasteiger partial charge in [-0.25, -0.2) is 8.42 Å². The standard InChI is InChI=1S/C22H19N5O3S.ClH/c1-31(29,30)27-14-18(13-25-27)21-11-17(22(28)26-19-5-3-2-4-6-19)10-16-8-7-15(12-24-23)9-20(16)21;/h2-14H,23H2,1H3,(H,26,28);1H. The molecular formula is C22H20ClN5O3S. The molecule has 1 amide bonds. The van der Waals surface area contributed by atoms with Crippen molar-refractivity contribution in [3.05, 3.63) is 84.2 Å². The molecule has 0 saturated heterocycles. The van der Waals surface area contributed by atoms with Gasteiger partial charge < -0.3 is 11.2 Å². The number of anilines is 1. The van der Waals surface area contributed by atoms with Gasteiger partial charge in [-0.05, 0) is 52.2 Å². The van der Waals surface area contributed by atoms with E-state index in [0.29, 0.717) is 22.4 Å². The Balaban J connectivity index is 0.00000289. The van der Waals surface area contributed by atoms with Gasteiger partial charge in [-0.15, -0.1) is 12.4 Å². The van der Waals surface area contributed by atoms with Gasteiger partial charge in [-0.2, -0.15) is 14.3 Å². The number of para-hydroxylation sites is 1. The summed E-state index contributed by atoms with van der Waals surface area (Å²) in [5.41, 5.74) is 3.10. The van der Waals surface area contributed by atoms with Gasteiger partial charge in [0, 0.05) is 16.8 Å². The highest BCUT2D eigenvalue weighted by Gasteiger charge is 2.15. The third-order valence-electron chi connectivity index (χ3n) is 4.71. The second-order valence-corrected chi connectivity index (χ2v) is 8.81. The fraction of sp³-hybridized carbons (Fsp3) is 0.0455. The van der Waals surface area contributed by atoms with Gasteiger partial charge in [-0.3, -0.25) is 4.79 Å². The summed E-state index contributed by atoms with van der Waals surface area (Å²) >= 11 is 0. The number of fused-ring (bicyclic) bond motifs is 1. The first-order valence-electron chi connectivity index (χ1n) is 9.28. The van der Waals surface area contributed by atoms with E-state index >= 15 is 0 Å². The van der Waals surface area contributed by atoms with Crippen molar-refractivity contribution in [2.24, 2.45) is 10.9 Å². The third kappa shape index (κ3) is 4.79. The number of halogens is 1. The van der Waals surface area contributed by atoms with E-state index in [-0.39, 0.29) is 18.3 Å². The van der Waals surface area contributed by atoms with Crippen LogP contribution in [0.4, 0.5) is 5.69 Å². The van der Waals surface area contributed by atoms with Crippen LogP contribution in [0.3, 0.4) is 0 Å². The molecule has 0 saturated carbocycles. The van der Waals surface area contributed by atoms with Crippen LogP contribution in [0.25, 0.3) is 21.9 Å². The molecule has 164 valence electrons. The summed E-state index contributed by atoms with van der Waals surface area (Å²) in [6.07, 6.45) is 5.46. The number of nitrogens with zero attached hydrogens (tertiary/aromatic N) is 3. The van der Waals surface area contributed by atoms with Crippen molar-refractivity contribution in [2.75, 3.05) is 11.6 Å². The van der Waals surface area contributed by atoms with Crippen molar-refractivity contribution < 1.29 is 13.2 Å². The molecule has 0 bridgehead atoms. The molecule has 0 radical (unpaired) electrons. The van der Waals surface area contributed by atoms with Crippen LogP contribution in [0, 0.1) is 0 Å². The lowest BCUT2D eigenvalue weighted by Gasteiger charge is -2.11. The Morgan fingerprint density at radius 2 is 1.88 bits per heavy atom. The van der Waals surface area contributed by atoms with Gasteiger partial charge in [0.05, 0.1) is 24.9 Å². The van der Waals surface area contributed by atoms with Gasteiger partial charge in [-0.1, -0.05) is 30.3 Å². The highest BCUT2D eigenvalue weighted by molar-refractivity contribution is 7.89. The number of hydrogen-bond acceptors (Lipinski definition) is 6. The van der Waals surface area contributed by atoms with E-state index in [1.165, 1.54) is 18.6 Å². The first-order valence-corrected chi connectivity index (χ1v) is 11.1. The van der Waals surface area contributed by atoms with Gasteiger partial charge >= 0.3 is 0 Å². The average Bonchev–Trinajstić information content (AvgIpc) is 3.25. The zero-order chi connectivity index (χ0) is 22.0. The SMILES string of the molecule is CS(=O)(=O)n1cc(-c2cc(C(=O)Nc3ccccc3)cc3ccc(C=NN)cc23)cn1.Cl. The van der Waals surface area contributed by atoms with E-state index in [9.17, 15) is 13.2 Å². The fourth-order valence-corrected chi connectivity index (χ4v) is 3.79. The highest BCUT2D eigenvalue weighted by atomic mass is 35.5. The van der Waals surface area contributed by atoms with E-state index in [4.69, 9.17) is 5.84 Å². The van der Waals surface area contributed by atoms with E-state index in [2.05, 4.69) is 15.5 Å². The summed E-state index contributed by atoms with van der Waals surface area (Å²) in [5, 5.41) is 12.0. The molecule has 4 rings (SSSR count). The Kier molecular flexibility index (Phi) is 6.61. The van der Waals surface area contributed by atoms with Crippen molar-refractivity contribution >= 4 is 51.0 Å². The number of amides is 1. The summed E-state index contributed by atoms with van der Waals surface area (Å²) in [4.78, 5) is 12.9. The van der Waals surface area contributed by atoms with Crippen LogP contribution in [-0.4, -0.2) is 36.0 Å². The minimum atomic E-state index is -3.54. The molecule has 1 heterocycles. The van der Waals surface area contributed by atoms with Crippen LogP contribution in [0.15, 0.2) is 78.2 Å². The molecule has 32 heavy (non-hydrogen) atoms. The molecule has 3 N–H and O–H groups in total. The maximum absolute atomic E-state index is 12.9. The van der Waals surface area contributed by atoms with E-state index < -0.39 is 10.0 Å². The van der Waals surface area contributed by atoms with Crippen LogP contribution in [0.1, 0.15) is 15.9 Å². The molecule has 3 aromatic carbocycles. The normalized spacial score (nSPS) is 11.4. The number of nitrogens with one attached hydrogen (secondary N) is 1. The second-order valence-electron chi connectivity index (χ2n) is 6.97. The van der Waals surface area contributed by atoms with E-state index in [1.807, 2.05) is 36.4 Å². The van der Waals surface area contributed by atoms with Crippen LogP contribution in [-0.2, 0) is 10.0 Å². The minimum Gasteiger partial charge on any atom is -0.323 e. The summed E-state index contributed by atoms with van der Waals surface area (Å²) in [5.74, 6) is 5.00. The highest BCUT2D eigenvalue weighted by Crippen LogP contribution is 2.31. The first-order chi connectivity index (χ1) is 14.8. The number of aromatic nitrogens is 2. The smallest absolute Gasteiger partial charge is 0.255 e. The Bertz CT molecular complexity index is 1420. The van der Waals surface area contributed by atoms with Gasteiger partial charge in [0.1, 0.15) is 0 Å². The topological polar surface area (TPSA) is 119 Å². The van der Waals surface area contributed by atoms with Crippen LogP contribution >= 0.6 is 12.4 Å². The quantitative estimate of drug-likeness (QED) is 0.263. The van der Waals surface area contributed by atoms with Gasteiger partial charge in [0.2, 0.25) is 0 Å². The average molecular weight is 470 g/mol. The molecule has 0 aliphatic carbocycles. The zero-order valence-electron chi connectivity index (χ0n) is 17.0. The number of benzene rings is 3. The number of hydrogen-bond donors (Lipinski definition) is 2. The molecular weight excluding hydrogens is 450 g/mol. The van der Waals surface area contributed by atoms with Crippen molar-refractivity contribution in [3.63, 3.8) is 0 Å². The summed E-state index contributed by atoms with van der Waals surface area (Å²) < 4.78 is 24.6. The summed E-state index contributed by atoms with van der Waals surface area (Å²) in [6.45, 7) is 0. The lowest BCUT2D eigenvalue weighted by Crippen LogP contribution is -2.12. The number of carbonyl (C=O) groups is 1. The molecule has 0 aliphatic rings. The maximum atomic E-state index is 12.9. The zero-order valence-corrected chi connectivity index (χ0v) is 18.6. The van der Waals surface area contributed by atoms with Gasteiger partial charge in [0.25, 0.3) is 15.9 Å². The van der Waals surface area contributed by atoms with Crippen molar-refractivity contribution in [2.45, 2.75) is 0 Å². The van der Waals surface area contributed by atoms with Gasteiger partial charge in [0.15, 0.2) is 0 Å². The Morgan fingerprint density at radius 1 is 1.12 bits per heavy atom. The molecule has 0 atom stereocenters.